The molecular formula is C12H16N2O2. The normalized spacial score (nSPS) is 12.0. The topological polar surface area (TPSA) is 61.3 Å². The van der Waals surface area contributed by atoms with Gasteiger partial charge in [0.25, 0.3) is 0 Å². The third-order valence-electron chi connectivity index (χ3n) is 2.30. The van der Waals surface area contributed by atoms with Crippen molar-refractivity contribution in [2.75, 3.05) is 7.11 Å². The second-order valence-corrected chi connectivity index (χ2v) is 4.61. The minimum atomic E-state index is -0.263. The highest BCUT2D eigenvalue weighted by molar-refractivity contribution is 5.77. The first-order valence-corrected chi connectivity index (χ1v) is 5.21. The molecule has 1 heterocycles. The van der Waals surface area contributed by atoms with Gasteiger partial charge in [-0.15, -0.1) is 0 Å². The molecule has 0 aliphatic rings. The molecule has 0 atom stereocenters. The van der Waals surface area contributed by atoms with Crippen LogP contribution < -0.4 is 10.5 Å². The van der Waals surface area contributed by atoms with E-state index in [-0.39, 0.29) is 11.6 Å². The number of para-hydroxylation sites is 1. The fraction of sp³-hybridized carbons (Fsp3) is 0.417. The zero-order valence-electron chi connectivity index (χ0n) is 9.78. The number of methoxy groups -OCH3 is 1. The summed E-state index contributed by atoms with van der Waals surface area (Å²) in [5, 5.41) is 0. The molecule has 0 saturated heterocycles. The second-order valence-electron chi connectivity index (χ2n) is 4.61. The van der Waals surface area contributed by atoms with E-state index in [4.69, 9.17) is 14.9 Å². The molecule has 2 aromatic rings. The number of nitrogens with two attached hydrogens (primary N) is 1. The molecule has 0 aliphatic carbocycles. The Labute approximate surface area is 94.4 Å². The molecule has 0 fully saturated rings. The smallest absolute Gasteiger partial charge is 0.394 e. The number of hydrogen-bond acceptors (Lipinski definition) is 4. The molecule has 86 valence electrons. The number of aromatic nitrogens is 1. The predicted octanol–water partition coefficient (Wildman–Crippen LogP) is 2.12. The molecule has 0 radical (unpaired) electrons. The van der Waals surface area contributed by atoms with Crippen LogP contribution in [0.25, 0.3) is 11.1 Å². The summed E-state index contributed by atoms with van der Waals surface area (Å²) in [4.78, 5) is 4.27. The number of oxazole rings is 1. The summed E-state index contributed by atoms with van der Waals surface area (Å²) in [7, 11) is 1.54. The van der Waals surface area contributed by atoms with Gasteiger partial charge in [0.1, 0.15) is 5.52 Å². The van der Waals surface area contributed by atoms with E-state index < -0.39 is 0 Å². The first kappa shape index (κ1) is 11.0. The van der Waals surface area contributed by atoms with Crippen molar-refractivity contribution >= 4 is 11.1 Å². The predicted molar refractivity (Wildman–Crippen MR) is 62.5 cm³/mol. The Morgan fingerprint density at radius 1 is 1.44 bits per heavy atom. The van der Waals surface area contributed by atoms with E-state index in [0.717, 1.165) is 23.1 Å². The van der Waals surface area contributed by atoms with E-state index in [9.17, 15) is 0 Å². The summed E-state index contributed by atoms with van der Waals surface area (Å²) in [5.74, 6) is 0. The van der Waals surface area contributed by atoms with Gasteiger partial charge in [-0.1, -0.05) is 12.1 Å². The molecule has 4 nitrogen and oxygen atoms in total. The standard InChI is InChI=1S/C12H16N2O2/c1-12(2,13)7-8-5-4-6-9-10(8)14-11(15-3)16-9/h4-6H,7,13H2,1-3H3. The van der Waals surface area contributed by atoms with Crippen LogP contribution in [0.3, 0.4) is 0 Å². The van der Waals surface area contributed by atoms with Crippen LogP contribution >= 0.6 is 0 Å². The van der Waals surface area contributed by atoms with Crippen molar-refractivity contribution in [1.29, 1.82) is 0 Å². The Morgan fingerprint density at radius 2 is 2.19 bits per heavy atom. The van der Waals surface area contributed by atoms with Crippen molar-refractivity contribution in [2.24, 2.45) is 5.73 Å². The Bertz CT molecular complexity index is 497. The van der Waals surface area contributed by atoms with Gasteiger partial charge < -0.3 is 14.9 Å². The average molecular weight is 220 g/mol. The van der Waals surface area contributed by atoms with Crippen LogP contribution in [0, 0.1) is 0 Å². The quantitative estimate of drug-likeness (QED) is 0.860. The number of benzene rings is 1. The molecule has 0 unspecified atom stereocenters. The molecule has 4 heteroatoms. The molecular weight excluding hydrogens is 204 g/mol. The lowest BCUT2D eigenvalue weighted by atomic mass is 9.95. The van der Waals surface area contributed by atoms with E-state index in [1.807, 2.05) is 32.0 Å². The summed E-state index contributed by atoms with van der Waals surface area (Å²) in [6.07, 6.45) is 1.04. The number of rotatable bonds is 3. The van der Waals surface area contributed by atoms with Gasteiger partial charge >= 0.3 is 6.08 Å². The average Bonchev–Trinajstić information content (AvgIpc) is 2.59. The Morgan fingerprint density at radius 3 is 2.81 bits per heavy atom. The molecule has 1 aromatic heterocycles. The molecule has 0 spiro atoms. The lowest BCUT2D eigenvalue weighted by Gasteiger charge is -2.18. The maximum Gasteiger partial charge on any atom is 0.394 e. The lowest BCUT2D eigenvalue weighted by molar-refractivity contribution is 0.299. The third kappa shape index (κ3) is 2.17. The van der Waals surface area contributed by atoms with Gasteiger partial charge in [-0.2, -0.15) is 4.98 Å². The van der Waals surface area contributed by atoms with E-state index >= 15 is 0 Å². The number of hydrogen-bond donors (Lipinski definition) is 1. The number of fused-ring (bicyclic) bond motifs is 1. The molecule has 0 saturated carbocycles. The van der Waals surface area contributed by atoms with E-state index in [0.29, 0.717) is 0 Å². The van der Waals surface area contributed by atoms with Gasteiger partial charge in [0.05, 0.1) is 7.11 Å². The zero-order chi connectivity index (χ0) is 11.8. The van der Waals surface area contributed by atoms with E-state index in [1.165, 1.54) is 7.11 Å². The minimum Gasteiger partial charge on any atom is -0.453 e. The van der Waals surface area contributed by atoms with E-state index in [2.05, 4.69) is 4.98 Å². The summed E-state index contributed by atoms with van der Waals surface area (Å²) in [6, 6.07) is 5.82. The maximum absolute atomic E-state index is 6.01. The molecule has 2 N–H and O–H groups in total. The molecule has 2 rings (SSSR count). The largest absolute Gasteiger partial charge is 0.453 e. The Kier molecular flexibility index (Phi) is 2.59. The fourth-order valence-corrected chi connectivity index (χ4v) is 1.71. The van der Waals surface area contributed by atoms with Crippen molar-refractivity contribution in [3.8, 4) is 6.08 Å². The van der Waals surface area contributed by atoms with Crippen LogP contribution in [0.2, 0.25) is 0 Å². The first-order valence-electron chi connectivity index (χ1n) is 5.21. The van der Waals surface area contributed by atoms with Crippen molar-refractivity contribution in [2.45, 2.75) is 25.8 Å². The SMILES string of the molecule is COc1nc2c(CC(C)(C)N)cccc2o1. The molecule has 16 heavy (non-hydrogen) atoms. The van der Waals surface area contributed by atoms with Crippen molar-refractivity contribution in [3.63, 3.8) is 0 Å². The fourth-order valence-electron chi connectivity index (χ4n) is 1.71. The van der Waals surface area contributed by atoms with Crippen LogP contribution in [-0.4, -0.2) is 17.6 Å². The third-order valence-corrected chi connectivity index (χ3v) is 2.30. The second kappa shape index (κ2) is 3.79. The number of nitrogens with zero attached hydrogens (tertiary/aromatic N) is 1. The zero-order valence-corrected chi connectivity index (χ0v) is 9.78. The van der Waals surface area contributed by atoms with Gasteiger partial charge in [-0.3, -0.25) is 0 Å². The van der Waals surface area contributed by atoms with Gasteiger partial charge in [0, 0.05) is 5.54 Å². The summed E-state index contributed by atoms with van der Waals surface area (Å²) in [6.45, 7) is 3.98. The van der Waals surface area contributed by atoms with Crippen molar-refractivity contribution in [1.82, 2.24) is 4.98 Å². The van der Waals surface area contributed by atoms with Crippen LogP contribution in [0.4, 0.5) is 0 Å². The maximum atomic E-state index is 6.01. The highest BCUT2D eigenvalue weighted by atomic mass is 16.6. The van der Waals surface area contributed by atoms with Crippen molar-refractivity contribution < 1.29 is 9.15 Å². The highest BCUT2D eigenvalue weighted by Gasteiger charge is 2.16. The molecule has 1 aromatic carbocycles. The number of ether oxygens (including phenoxy) is 1. The highest BCUT2D eigenvalue weighted by Crippen LogP contribution is 2.25. The van der Waals surface area contributed by atoms with Crippen LogP contribution in [-0.2, 0) is 6.42 Å². The van der Waals surface area contributed by atoms with E-state index in [1.54, 1.807) is 0 Å². The summed E-state index contributed by atoms with van der Waals surface area (Å²) in [5.41, 5.74) is 8.39. The lowest BCUT2D eigenvalue weighted by Crippen LogP contribution is -2.34. The van der Waals surface area contributed by atoms with Crippen LogP contribution in [0.5, 0.6) is 6.08 Å². The first-order chi connectivity index (χ1) is 7.49. The summed E-state index contributed by atoms with van der Waals surface area (Å²) >= 11 is 0. The van der Waals surface area contributed by atoms with Crippen LogP contribution in [0.15, 0.2) is 22.6 Å². The minimum absolute atomic E-state index is 0.263. The van der Waals surface area contributed by atoms with Gasteiger partial charge in [0.15, 0.2) is 5.58 Å². The Balaban J connectivity index is 2.48. The summed E-state index contributed by atoms with van der Waals surface area (Å²) < 4.78 is 10.4. The monoisotopic (exact) mass is 220 g/mol. The molecule has 0 aliphatic heterocycles. The van der Waals surface area contributed by atoms with Gasteiger partial charge in [-0.25, -0.2) is 0 Å². The van der Waals surface area contributed by atoms with Crippen LogP contribution in [0.1, 0.15) is 19.4 Å². The van der Waals surface area contributed by atoms with Gasteiger partial charge in [0.2, 0.25) is 0 Å². The Hall–Kier alpha value is -1.55. The van der Waals surface area contributed by atoms with Crippen molar-refractivity contribution in [3.05, 3.63) is 23.8 Å². The molecule has 0 bridgehead atoms. The van der Waals surface area contributed by atoms with Gasteiger partial charge in [-0.05, 0) is 31.9 Å². The molecule has 0 amide bonds.